The van der Waals surface area contributed by atoms with Crippen LogP contribution in [-0.4, -0.2) is 45.8 Å². The van der Waals surface area contributed by atoms with E-state index in [2.05, 4.69) is 64.6 Å². The van der Waals surface area contributed by atoms with Gasteiger partial charge in [0.2, 0.25) is 0 Å². The zero-order valence-electron chi connectivity index (χ0n) is 15.9. The van der Waals surface area contributed by atoms with Crippen molar-refractivity contribution in [3.8, 4) is 6.01 Å². The summed E-state index contributed by atoms with van der Waals surface area (Å²) in [5.74, 6) is 1.40. The number of hydrogen-bond donors (Lipinski definition) is 2. The van der Waals surface area contributed by atoms with Crippen molar-refractivity contribution in [1.82, 2.24) is 15.0 Å². The Morgan fingerprint density at radius 3 is 2.88 bits per heavy atom. The van der Waals surface area contributed by atoms with Crippen LogP contribution in [0.1, 0.15) is 27.2 Å². The van der Waals surface area contributed by atoms with Crippen LogP contribution < -0.4 is 20.3 Å². The van der Waals surface area contributed by atoms with Crippen LogP contribution in [-0.2, 0) is 0 Å². The molecule has 0 saturated heterocycles. The van der Waals surface area contributed by atoms with Crippen LogP contribution in [0.2, 0.25) is 0 Å². The Morgan fingerprint density at radius 2 is 2.15 bits per heavy atom. The molecule has 1 atom stereocenters. The number of aromatic nitrogens is 3. The first-order valence-corrected chi connectivity index (χ1v) is 9.92. The molecule has 140 valence electrons. The summed E-state index contributed by atoms with van der Waals surface area (Å²) in [6.45, 7) is 6.96. The number of thioether (sulfide) groups is 1. The predicted molar refractivity (Wildman–Crippen MR) is 109 cm³/mol. The molecule has 0 radical (unpaired) electrons. The van der Waals surface area contributed by atoms with Crippen molar-refractivity contribution >= 4 is 34.8 Å². The summed E-state index contributed by atoms with van der Waals surface area (Å²) in [4.78, 5) is 15.3. The largest absolute Gasteiger partial charge is 0.462 e. The van der Waals surface area contributed by atoms with Gasteiger partial charge in [-0.3, -0.25) is 0 Å². The van der Waals surface area contributed by atoms with E-state index in [0.717, 1.165) is 23.6 Å². The number of pyridine rings is 1. The van der Waals surface area contributed by atoms with Gasteiger partial charge in [-0.05, 0) is 32.6 Å². The molecule has 0 saturated carbocycles. The quantitative estimate of drug-likeness (QED) is 0.759. The molecule has 0 amide bonds. The molecule has 26 heavy (non-hydrogen) atoms. The van der Waals surface area contributed by atoms with Crippen LogP contribution in [0, 0.1) is 0 Å². The Labute approximate surface area is 159 Å². The van der Waals surface area contributed by atoms with Gasteiger partial charge < -0.3 is 20.3 Å². The number of ether oxygens (including phenoxy) is 1. The number of nitrogens with one attached hydrogen (secondary N) is 2. The average Bonchev–Trinajstić information content (AvgIpc) is 2.96. The third-order valence-corrected chi connectivity index (χ3v) is 5.65. The lowest BCUT2D eigenvalue weighted by Crippen LogP contribution is -2.31. The molecule has 1 aliphatic heterocycles. The lowest BCUT2D eigenvalue weighted by Gasteiger charge is -2.21. The minimum Gasteiger partial charge on any atom is -0.462 e. The topological polar surface area (TPSA) is 75.2 Å². The Hall–Kier alpha value is -2.22. The maximum atomic E-state index is 5.74. The molecule has 3 heterocycles. The number of fused-ring (bicyclic) bond motifs is 1. The highest BCUT2D eigenvalue weighted by Gasteiger charge is 2.24. The zero-order valence-corrected chi connectivity index (χ0v) is 16.7. The molecule has 0 bridgehead atoms. The fourth-order valence-electron chi connectivity index (χ4n) is 2.64. The van der Waals surface area contributed by atoms with E-state index in [1.807, 2.05) is 12.3 Å². The molecule has 2 aromatic rings. The Bertz CT molecular complexity index is 769. The van der Waals surface area contributed by atoms with Gasteiger partial charge >= 0.3 is 6.01 Å². The van der Waals surface area contributed by atoms with Gasteiger partial charge in [-0.25, -0.2) is 9.97 Å². The van der Waals surface area contributed by atoms with Gasteiger partial charge in [0.15, 0.2) is 0 Å². The zero-order chi connectivity index (χ0) is 18.7. The standard InChI is InChI=1S/C18H26N6OS/c1-6-16-21-12-10-20-15(9-13(12)24(16)4)22-14-7-8-19-17(23-14)25-11-18(2,3)26-5/h7-10,16,21H,6,11H2,1-5H3,(H,19,20,22,23). The first-order valence-electron chi connectivity index (χ1n) is 8.69. The minimum absolute atomic E-state index is 0.0156. The molecular weight excluding hydrogens is 348 g/mol. The molecule has 1 aliphatic rings. The molecule has 0 spiro atoms. The Kier molecular flexibility index (Phi) is 5.41. The second-order valence-electron chi connectivity index (χ2n) is 6.87. The summed E-state index contributed by atoms with van der Waals surface area (Å²) in [5, 5.41) is 6.70. The smallest absolute Gasteiger partial charge is 0.318 e. The minimum atomic E-state index is 0.0156. The van der Waals surface area contributed by atoms with Crippen LogP contribution >= 0.6 is 11.8 Å². The molecule has 7 nitrogen and oxygen atoms in total. The normalized spacial score (nSPS) is 16.2. The van der Waals surface area contributed by atoms with Gasteiger partial charge in [-0.1, -0.05) is 6.92 Å². The first kappa shape index (κ1) is 18.6. The summed E-state index contributed by atoms with van der Waals surface area (Å²) in [5.41, 5.74) is 2.18. The van der Waals surface area contributed by atoms with Crippen LogP contribution in [0.5, 0.6) is 6.01 Å². The van der Waals surface area contributed by atoms with Crippen molar-refractivity contribution in [2.24, 2.45) is 0 Å². The lowest BCUT2D eigenvalue weighted by molar-refractivity contribution is 0.266. The maximum absolute atomic E-state index is 5.74. The van der Waals surface area contributed by atoms with Gasteiger partial charge in [0.1, 0.15) is 18.2 Å². The molecule has 3 rings (SSSR count). The monoisotopic (exact) mass is 374 g/mol. The van der Waals surface area contributed by atoms with E-state index in [9.17, 15) is 0 Å². The summed E-state index contributed by atoms with van der Waals surface area (Å²) in [6, 6.07) is 4.19. The van der Waals surface area contributed by atoms with E-state index < -0.39 is 0 Å². The summed E-state index contributed by atoms with van der Waals surface area (Å²) < 4.78 is 5.75. The van der Waals surface area contributed by atoms with E-state index in [1.54, 1.807) is 24.0 Å². The van der Waals surface area contributed by atoms with Crippen LogP contribution in [0.15, 0.2) is 24.5 Å². The van der Waals surface area contributed by atoms with Crippen molar-refractivity contribution in [2.75, 3.05) is 35.4 Å². The molecule has 2 N–H and O–H groups in total. The van der Waals surface area contributed by atoms with Crippen molar-refractivity contribution in [2.45, 2.75) is 38.1 Å². The van der Waals surface area contributed by atoms with Gasteiger partial charge in [0, 0.05) is 24.1 Å². The van der Waals surface area contributed by atoms with Crippen LogP contribution in [0.4, 0.5) is 23.0 Å². The predicted octanol–water partition coefficient (Wildman–Crippen LogP) is 3.73. The van der Waals surface area contributed by atoms with Gasteiger partial charge in [-0.2, -0.15) is 16.7 Å². The van der Waals surface area contributed by atoms with E-state index in [-0.39, 0.29) is 4.75 Å². The molecule has 0 aliphatic carbocycles. The molecule has 0 fully saturated rings. The number of hydrogen-bond acceptors (Lipinski definition) is 8. The number of anilines is 4. The molecule has 0 aromatic carbocycles. The highest BCUT2D eigenvalue weighted by atomic mass is 32.2. The SMILES string of the molecule is CCC1Nc2cnc(Nc3ccnc(OCC(C)(C)SC)n3)cc2N1C. The molecule has 1 unspecified atom stereocenters. The van der Waals surface area contributed by atoms with Gasteiger partial charge in [0.25, 0.3) is 0 Å². The Balaban J connectivity index is 1.70. The van der Waals surface area contributed by atoms with E-state index >= 15 is 0 Å². The first-order chi connectivity index (χ1) is 12.4. The average molecular weight is 375 g/mol. The van der Waals surface area contributed by atoms with E-state index in [4.69, 9.17) is 4.74 Å². The number of rotatable bonds is 7. The lowest BCUT2D eigenvalue weighted by atomic mass is 10.2. The summed E-state index contributed by atoms with van der Waals surface area (Å²) in [7, 11) is 2.08. The fourth-order valence-corrected chi connectivity index (χ4v) is 2.82. The van der Waals surface area contributed by atoms with Gasteiger partial charge in [0.05, 0.1) is 23.7 Å². The maximum Gasteiger partial charge on any atom is 0.318 e. The van der Waals surface area contributed by atoms with Crippen molar-refractivity contribution in [3.05, 3.63) is 24.5 Å². The van der Waals surface area contributed by atoms with Crippen molar-refractivity contribution in [3.63, 3.8) is 0 Å². The van der Waals surface area contributed by atoms with Crippen LogP contribution in [0.25, 0.3) is 0 Å². The second kappa shape index (κ2) is 7.57. The summed E-state index contributed by atoms with van der Waals surface area (Å²) >= 11 is 1.75. The highest BCUT2D eigenvalue weighted by molar-refractivity contribution is 7.99. The molecular formula is C18H26N6OS. The fraction of sp³-hybridized carbons (Fsp3) is 0.500. The van der Waals surface area contributed by atoms with Crippen molar-refractivity contribution in [1.29, 1.82) is 0 Å². The van der Waals surface area contributed by atoms with E-state index in [1.165, 1.54) is 0 Å². The summed E-state index contributed by atoms with van der Waals surface area (Å²) in [6.07, 6.45) is 6.93. The molecule has 8 heteroatoms. The van der Waals surface area contributed by atoms with Crippen molar-refractivity contribution < 1.29 is 4.74 Å². The Morgan fingerprint density at radius 1 is 1.35 bits per heavy atom. The van der Waals surface area contributed by atoms with E-state index in [0.29, 0.717) is 24.6 Å². The van der Waals surface area contributed by atoms with Gasteiger partial charge in [-0.15, -0.1) is 0 Å². The van der Waals surface area contributed by atoms with Crippen LogP contribution in [0.3, 0.4) is 0 Å². The number of nitrogens with zero attached hydrogens (tertiary/aromatic N) is 4. The highest BCUT2D eigenvalue weighted by Crippen LogP contribution is 2.35. The third kappa shape index (κ3) is 4.12. The third-order valence-electron chi connectivity index (χ3n) is 4.43. The second-order valence-corrected chi connectivity index (χ2v) is 8.38. The molecule has 2 aromatic heterocycles.